The molecule has 86 valence electrons. The highest BCUT2D eigenvalue weighted by atomic mass is 32.2. The molecule has 0 bridgehead atoms. The van der Waals surface area contributed by atoms with Crippen molar-refractivity contribution in [1.82, 2.24) is 0 Å². The molecular weight excluding hydrogens is 208 g/mol. The minimum Gasteiger partial charge on any atom is -0.469 e. The van der Waals surface area contributed by atoms with Crippen molar-refractivity contribution < 1.29 is 22.7 Å². The maximum atomic E-state index is 9.70. The van der Waals surface area contributed by atoms with Crippen molar-refractivity contribution >= 4 is 22.8 Å². The number of hydrogen-bond acceptors (Lipinski definition) is 5. The van der Waals surface area contributed by atoms with Crippen LogP contribution in [-0.2, 0) is 29.6 Å². The van der Waals surface area contributed by atoms with Gasteiger partial charge in [-0.3, -0.25) is 8.98 Å². The number of carbonyl (C=O) groups is 2. The average Bonchev–Trinajstić information content (AvgIpc) is 2.04. The van der Waals surface area contributed by atoms with Gasteiger partial charge in [0.05, 0.1) is 14.2 Å². The SMILES string of the molecule is CC(C)=O.COC(C)=O.COS(C)=O. The first-order valence-corrected chi connectivity index (χ1v) is 5.15. The molecule has 0 saturated carbocycles. The monoisotopic (exact) mass is 226 g/mol. The second-order valence-electron chi connectivity index (χ2n) is 2.17. The molecule has 1 atom stereocenters. The van der Waals surface area contributed by atoms with Gasteiger partial charge in [0.25, 0.3) is 0 Å². The standard InChI is InChI=1S/C3H6O2.C3H6O.C2H6O2S/c1-3(4)5-2;1-3(2)4;1-4-5(2)3/h1-2H3;1-2H3;1-2H3. The van der Waals surface area contributed by atoms with E-state index >= 15 is 0 Å². The number of Topliss-reactive ketones (excluding diaryl/α,β-unsaturated/α-hetero) is 1. The molecule has 0 aromatic carbocycles. The van der Waals surface area contributed by atoms with E-state index in [1.807, 2.05) is 0 Å². The van der Waals surface area contributed by atoms with E-state index in [0.29, 0.717) is 0 Å². The third kappa shape index (κ3) is 112. The van der Waals surface area contributed by atoms with Crippen molar-refractivity contribution in [3.05, 3.63) is 0 Å². The summed E-state index contributed by atoms with van der Waals surface area (Å²) in [5, 5.41) is 0. The van der Waals surface area contributed by atoms with Gasteiger partial charge in [0.15, 0.2) is 11.1 Å². The van der Waals surface area contributed by atoms with Crippen LogP contribution in [0.2, 0.25) is 0 Å². The largest absolute Gasteiger partial charge is 0.469 e. The zero-order chi connectivity index (χ0) is 12.1. The van der Waals surface area contributed by atoms with Crippen LogP contribution < -0.4 is 0 Å². The zero-order valence-electron chi connectivity index (χ0n) is 9.45. The Bertz CT molecular complexity index is 161. The molecule has 5 nitrogen and oxygen atoms in total. The van der Waals surface area contributed by atoms with Crippen LogP contribution in [0.4, 0.5) is 0 Å². The molecule has 0 radical (unpaired) electrons. The number of methoxy groups -OCH3 is 1. The fourth-order valence-electron chi connectivity index (χ4n) is 0. The van der Waals surface area contributed by atoms with Crippen LogP contribution >= 0.6 is 0 Å². The highest BCUT2D eigenvalue weighted by Crippen LogP contribution is 1.65. The topological polar surface area (TPSA) is 69.7 Å². The lowest BCUT2D eigenvalue weighted by molar-refractivity contribution is -0.137. The van der Waals surface area contributed by atoms with E-state index in [9.17, 15) is 13.8 Å². The van der Waals surface area contributed by atoms with Crippen LogP contribution in [0.15, 0.2) is 0 Å². The van der Waals surface area contributed by atoms with Gasteiger partial charge in [-0.2, -0.15) is 0 Å². The van der Waals surface area contributed by atoms with Gasteiger partial charge >= 0.3 is 5.97 Å². The summed E-state index contributed by atoms with van der Waals surface area (Å²) in [6.45, 7) is 4.42. The molecule has 0 N–H and O–H groups in total. The number of ketones is 1. The molecule has 0 spiro atoms. The average molecular weight is 226 g/mol. The lowest BCUT2D eigenvalue weighted by Gasteiger charge is -1.80. The van der Waals surface area contributed by atoms with E-state index in [1.165, 1.54) is 41.2 Å². The van der Waals surface area contributed by atoms with Crippen molar-refractivity contribution in [3.8, 4) is 0 Å². The molecule has 0 saturated heterocycles. The molecule has 1 unspecified atom stereocenters. The Labute approximate surface area is 87.4 Å². The normalized spacial score (nSPS) is 9.57. The summed E-state index contributed by atoms with van der Waals surface area (Å²) in [5.41, 5.74) is 0. The van der Waals surface area contributed by atoms with Crippen molar-refractivity contribution in [1.29, 1.82) is 0 Å². The first-order chi connectivity index (χ1) is 6.27. The van der Waals surface area contributed by atoms with Gasteiger partial charge in [-0.15, -0.1) is 0 Å². The molecule has 14 heavy (non-hydrogen) atoms. The van der Waals surface area contributed by atoms with Crippen LogP contribution in [0, 0.1) is 0 Å². The Kier molecular flexibility index (Phi) is 19.9. The number of carbonyl (C=O) groups excluding carboxylic acids is 2. The maximum absolute atomic E-state index is 9.70. The summed E-state index contributed by atoms with van der Waals surface area (Å²) >= 11 is -1.07. The van der Waals surface area contributed by atoms with Crippen molar-refractivity contribution in [2.24, 2.45) is 0 Å². The van der Waals surface area contributed by atoms with Crippen LogP contribution in [-0.4, -0.2) is 36.4 Å². The molecule has 0 heterocycles. The summed E-state index contributed by atoms with van der Waals surface area (Å²) in [7, 11) is 2.75. The van der Waals surface area contributed by atoms with Crippen LogP contribution in [0.5, 0.6) is 0 Å². The molecule has 0 aliphatic rings. The van der Waals surface area contributed by atoms with Gasteiger partial charge < -0.3 is 9.53 Å². The molecule has 0 fully saturated rings. The van der Waals surface area contributed by atoms with E-state index in [0.717, 1.165) is 0 Å². The first-order valence-electron chi connectivity index (χ1n) is 3.67. The summed E-state index contributed by atoms with van der Waals surface area (Å²) in [6.07, 6.45) is 1.47. The molecule has 0 rings (SSSR count). The minimum absolute atomic E-state index is 0.167. The Morgan fingerprint density at radius 3 is 1.21 bits per heavy atom. The van der Waals surface area contributed by atoms with Gasteiger partial charge in [-0.05, 0) is 13.8 Å². The van der Waals surface area contributed by atoms with E-state index in [4.69, 9.17) is 0 Å². The Balaban J connectivity index is -0.000000131. The van der Waals surface area contributed by atoms with Gasteiger partial charge in [-0.25, -0.2) is 4.21 Å². The third-order valence-electron chi connectivity index (χ3n) is 0.522. The van der Waals surface area contributed by atoms with Crippen LogP contribution in [0.1, 0.15) is 20.8 Å². The predicted molar refractivity (Wildman–Crippen MR) is 55.1 cm³/mol. The lowest BCUT2D eigenvalue weighted by Crippen LogP contribution is -1.88. The lowest BCUT2D eigenvalue weighted by atomic mass is 10.6. The van der Waals surface area contributed by atoms with E-state index in [-0.39, 0.29) is 11.8 Å². The van der Waals surface area contributed by atoms with Crippen molar-refractivity contribution in [2.45, 2.75) is 20.8 Å². The van der Waals surface area contributed by atoms with Crippen molar-refractivity contribution in [3.63, 3.8) is 0 Å². The summed E-state index contributed by atoms with van der Waals surface area (Å²) < 4.78 is 18.0. The fraction of sp³-hybridized carbons (Fsp3) is 0.750. The molecule has 0 aliphatic carbocycles. The summed E-state index contributed by atoms with van der Waals surface area (Å²) in [5.74, 6) is -0.0787. The fourth-order valence-corrected chi connectivity index (χ4v) is 0. The van der Waals surface area contributed by atoms with E-state index in [1.54, 1.807) is 0 Å². The first kappa shape index (κ1) is 18.9. The van der Waals surface area contributed by atoms with Gasteiger partial charge in [0.2, 0.25) is 0 Å². The minimum atomic E-state index is -1.07. The number of ether oxygens (including phenoxy) is 1. The van der Waals surface area contributed by atoms with Gasteiger partial charge in [0, 0.05) is 13.2 Å². The quantitative estimate of drug-likeness (QED) is 0.616. The number of hydrogen-bond donors (Lipinski definition) is 0. The highest BCUT2D eigenvalue weighted by Gasteiger charge is 1.75. The Hall–Kier alpha value is -0.750. The number of esters is 1. The van der Waals surface area contributed by atoms with E-state index < -0.39 is 11.1 Å². The number of rotatable bonds is 1. The smallest absolute Gasteiger partial charge is 0.302 e. The zero-order valence-corrected chi connectivity index (χ0v) is 10.3. The van der Waals surface area contributed by atoms with Crippen LogP contribution in [0.3, 0.4) is 0 Å². The molecule has 6 heteroatoms. The third-order valence-corrected chi connectivity index (χ3v) is 0.992. The summed E-state index contributed by atoms with van der Waals surface area (Å²) in [6, 6.07) is 0. The molecular formula is C8H18O5S. The molecule has 0 aliphatic heterocycles. The maximum Gasteiger partial charge on any atom is 0.302 e. The molecule has 0 aromatic heterocycles. The Morgan fingerprint density at radius 2 is 1.21 bits per heavy atom. The molecule has 0 aromatic rings. The summed E-state index contributed by atoms with van der Waals surface area (Å²) in [4.78, 5) is 19.0. The van der Waals surface area contributed by atoms with Crippen molar-refractivity contribution in [2.75, 3.05) is 20.5 Å². The molecule has 0 amide bonds. The van der Waals surface area contributed by atoms with Gasteiger partial charge in [-0.1, -0.05) is 0 Å². The predicted octanol–water partition coefficient (Wildman–Crippen LogP) is 0.701. The second-order valence-corrected chi connectivity index (χ2v) is 3.31. The Morgan fingerprint density at radius 1 is 1.07 bits per heavy atom. The van der Waals surface area contributed by atoms with Gasteiger partial charge in [0.1, 0.15) is 5.78 Å². The highest BCUT2D eigenvalue weighted by molar-refractivity contribution is 7.79. The second kappa shape index (κ2) is 14.8. The van der Waals surface area contributed by atoms with Crippen LogP contribution in [0.25, 0.3) is 0 Å². The van der Waals surface area contributed by atoms with E-state index in [2.05, 4.69) is 8.92 Å².